The summed E-state index contributed by atoms with van der Waals surface area (Å²) < 4.78 is 5.55. The van der Waals surface area contributed by atoms with Crippen LogP contribution >= 0.6 is 24.0 Å². The molecule has 0 aromatic heterocycles. The quantitative estimate of drug-likeness (QED) is 0.260. The minimum absolute atomic E-state index is 0. The van der Waals surface area contributed by atoms with Crippen LogP contribution in [0, 0.1) is 5.41 Å². The fraction of sp³-hybridized carbons (Fsp3) is 0.619. The van der Waals surface area contributed by atoms with Gasteiger partial charge in [0.05, 0.1) is 6.54 Å². The van der Waals surface area contributed by atoms with Crippen molar-refractivity contribution >= 4 is 35.8 Å². The highest BCUT2D eigenvalue weighted by Crippen LogP contribution is 2.42. The van der Waals surface area contributed by atoms with Gasteiger partial charge in [0.15, 0.2) is 12.6 Å². The van der Waals surface area contributed by atoms with Gasteiger partial charge in [-0.05, 0) is 56.2 Å². The number of carbonyl (C=O) groups excluding carboxylic acids is 1. The van der Waals surface area contributed by atoms with Crippen molar-refractivity contribution < 1.29 is 9.53 Å². The lowest BCUT2D eigenvalue weighted by atomic mass is 9.67. The van der Waals surface area contributed by atoms with Crippen LogP contribution in [0.2, 0.25) is 0 Å². The van der Waals surface area contributed by atoms with Crippen molar-refractivity contribution in [2.45, 2.75) is 53.0 Å². The highest BCUT2D eigenvalue weighted by atomic mass is 127. The maximum atomic E-state index is 11.5. The molecule has 158 valence electrons. The minimum Gasteiger partial charge on any atom is -0.484 e. The summed E-state index contributed by atoms with van der Waals surface area (Å²) in [7, 11) is 0. The molecule has 1 amide bonds. The first-order chi connectivity index (χ1) is 13.1. The molecule has 0 bridgehead atoms. The standard InChI is InChI=1S/C21H34N4O2.HI/c1-4-21(11-8-12-21)16-25-20(23-6-3)24-14-17-9-7-10-18(13-17)27-15-19(26)22-5-2;/h7,9-10,13H,4-6,8,11-12,14-16H2,1-3H3,(H,22,26)(H2,23,24,25);1H. The molecule has 0 unspecified atom stereocenters. The molecule has 0 heterocycles. The van der Waals surface area contributed by atoms with Crippen LogP contribution in [0.4, 0.5) is 0 Å². The predicted molar refractivity (Wildman–Crippen MR) is 125 cm³/mol. The van der Waals surface area contributed by atoms with Crippen LogP contribution in [-0.2, 0) is 11.3 Å². The molecule has 7 heteroatoms. The SMILES string of the molecule is CCNC(=O)COc1cccc(CN=C(NCC)NCC2(CC)CCC2)c1.I. The van der Waals surface area contributed by atoms with E-state index >= 15 is 0 Å². The number of likely N-dealkylation sites (N-methyl/N-ethyl adjacent to an activating group) is 1. The summed E-state index contributed by atoms with van der Waals surface area (Å²) in [4.78, 5) is 16.2. The third kappa shape index (κ3) is 7.85. The summed E-state index contributed by atoms with van der Waals surface area (Å²) in [5.74, 6) is 1.43. The molecule has 0 atom stereocenters. The van der Waals surface area contributed by atoms with Crippen LogP contribution in [0.25, 0.3) is 0 Å². The van der Waals surface area contributed by atoms with Crippen LogP contribution in [0.15, 0.2) is 29.3 Å². The van der Waals surface area contributed by atoms with E-state index in [0.29, 0.717) is 24.3 Å². The second-order valence-electron chi connectivity index (χ2n) is 7.15. The summed E-state index contributed by atoms with van der Waals surface area (Å²) >= 11 is 0. The molecule has 28 heavy (non-hydrogen) atoms. The molecule has 0 radical (unpaired) electrons. The second-order valence-corrected chi connectivity index (χ2v) is 7.15. The molecule has 1 aromatic rings. The maximum Gasteiger partial charge on any atom is 0.257 e. The zero-order chi connectivity index (χ0) is 19.5. The highest BCUT2D eigenvalue weighted by molar-refractivity contribution is 14.0. The molecular formula is C21H35IN4O2. The van der Waals surface area contributed by atoms with E-state index in [9.17, 15) is 4.79 Å². The smallest absolute Gasteiger partial charge is 0.257 e. The summed E-state index contributed by atoms with van der Waals surface area (Å²) in [6.07, 6.45) is 5.17. The van der Waals surface area contributed by atoms with Gasteiger partial charge in [0.1, 0.15) is 5.75 Å². The molecule has 1 aliphatic carbocycles. The van der Waals surface area contributed by atoms with Crippen molar-refractivity contribution in [1.82, 2.24) is 16.0 Å². The first kappa shape index (κ1) is 24.5. The zero-order valence-electron chi connectivity index (χ0n) is 17.3. The first-order valence-corrected chi connectivity index (χ1v) is 10.1. The highest BCUT2D eigenvalue weighted by Gasteiger charge is 2.34. The van der Waals surface area contributed by atoms with E-state index in [0.717, 1.165) is 24.6 Å². The van der Waals surface area contributed by atoms with Gasteiger partial charge in [-0.25, -0.2) is 4.99 Å². The third-order valence-electron chi connectivity index (χ3n) is 5.20. The molecule has 0 spiro atoms. The number of aliphatic imine (C=N–C) groups is 1. The van der Waals surface area contributed by atoms with Crippen molar-refractivity contribution in [3.8, 4) is 5.75 Å². The lowest BCUT2D eigenvalue weighted by Gasteiger charge is -2.41. The van der Waals surface area contributed by atoms with Crippen LogP contribution in [-0.4, -0.2) is 38.1 Å². The van der Waals surface area contributed by atoms with E-state index in [1.165, 1.54) is 25.7 Å². The van der Waals surface area contributed by atoms with Crippen LogP contribution in [0.3, 0.4) is 0 Å². The van der Waals surface area contributed by atoms with E-state index in [4.69, 9.17) is 9.73 Å². The number of ether oxygens (including phenoxy) is 1. The Morgan fingerprint density at radius 3 is 2.50 bits per heavy atom. The van der Waals surface area contributed by atoms with Gasteiger partial charge in [0.2, 0.25) is 0 Å². The number of halogens is 1. The van der Waals surface area contributed by atoms with E-state index in [2.05, 4.69) is 29.8 Å². The number of benzene rings is 1. The number of rotatable bonds is 10. The molecular weight excluding hydrogens is 467 g/mol. The molecule has 0 saturated heterocycles. The molecule has 0 aliphatic heterocycles. The van der Waals surface area contributed by atoms with Crippen molar-refractivity contribution in [3.05, 3.63) is 29.8 Å². The Morgan fingerprint density at radius 2 is 1.89 bits per heavy atom. The number of nitrogens with one attached hydrogen (secondary N) is 3. The van der Waals surface area contributed by atoms with Crippen molar-refractivity contribution in [2.75, 3.05) is 26.2 Å². The lowest BCUT2D eigenvalue weighted by molar-refractivity contribution is -0.122. The van der Waals surface area contributed by atoms with Gasteiger partial charge in [-0.1, -0.05) is 25.5 Å². The summed E-state index contributed by atoms with van der Waals surface area (Å²) in [6, 6.07) is 7.74. The first-order valence-electron chi connectivity index (χ1n) is 10.1. The molecule has 1 fully saturated rings. The van der Waals surface area contributed by atoms with E-state index in [-0.39, 0.29) is 36.5 Å². The largest absolute Gasteiger partial charge is 0.484 e. The third-order valence-corrected chi connectivity index (χ3v) is 5.20. The Bertz CT molecular complexity index is 627. The fourth-order valence-corrected chi connectivity index (χ4v) is 3.25. The number of nitrogens with zero attached hydrogens (tertiary/aromatic N) is 1. The van der Waals surface area contributed by atoms with Gasteiger partial charge < -0.3 is 20.7 Å². The van der Waals surface area contributed by atoms with Gasteiger partial charge in [-0.3, -0.25) is 4.79 Å². The Kier molecular flexibility index (Phi) is 11.3. The topological polar surface area (TPSA) is 74.8 Å². The average Bonchev–Trinajstić information content (AvgIpc) is 2.64. The Morgan fingerprint density at radius 1 is 1.14 bits per heavy atom. The van der Waals surface area contributed by atoms with Gasteiger partial charge in [-0.2, -0.15) is 0 Å². The Hall–Kier alpha value is -1.51. The minimum atomic E-state index is -0.111. The van der Waals surface area contributed by atoms with Gasteiger partial charge >= 0.3 is 0 Å². The number of amides is 1. The predicted octanol–water partition coefficient (Wildman–Crippen LogP) is 3.45. The van der Waals surface area contributed by atoms with Gasteiger partial charge in [0, 0.05) is 19.6 Å². The van der Waals surface area contributed by atoms with Crippen molar-refractivity contribution in [3.63, 3.8) is 0 Å². The molecule has 1 saturated carbocycles. The van der Waals surface area contributed by atoms with Crippen LogP contribution in [0.1, 0.15) is 52.0 Å². The van der Waals surface area contributed by atoms with E-state index < -0.39 is 0 Å². The maximum absolute atomic E-state index is 11.5. The summed E-state index contributed by atoms with van der Waals surface area (Å²) in [5, 5.41) is 9.55. The monoisotopic (exact) mass is 502 g/mol. The van der Waals surface area contributed by atoms with Crippen molar-refractivity contribution in [2.24, 2.45) is 10.4 Å². The van der Waals surface area contributed by atoms with E-state index in [1.807, 2.05) is 31.2 Å². The number of carbonyl (C=O) groups is 1. The number of guanidine groups is 1. The van der Waals surface area contributed by atoms with E-state index in [1.54, 1.807) is 0 Å². The molecule has 1 aromatic carbocycles. The van der Waals surface area contributed by atoms with Crippen molar-refractivity contribution in [1.29, 1.82) is 0 Å². The fourth-order valence-electron chi connectivity index (χ4n) is 3.25. The lowest BCUT2D eigenvalue weighted by Crippen LogP contribution is -2.46. The summed E-state index contributed by atoms with van der Waals surface area (Å²) in [5.41, 5.74) is 1.50. The van der Waals surface area contributed by atoms with Gasteiger partial charge in [-0.15, -0.1) is 24.0 Å². The second kappa shape index (κ2) is 12.9. The molecule has 2 rings (SSSR count). The van der Waals surface area contributed by atoms with Gasteiger partial charge in [0.25, 0.3) is 5.91 Å². The summed E-state index contributed by atoms with van der Waals surface area (Å²) in [6.45, 7) is 9.25. The number of hydrogen-bond acceptors (Lipinski definition) is 3. The number of hydrogen-bond donors (Lipinski definition) is 3. The van der Waals surface area contributed by atoms with Crippen LogP contribution in [0.5, 0.6) is 5.75 Å². The molecule has 1 aliphatic rings. The zero-order valence-corrected chi connectivity index (χ0v) is 19.7. The Labute approximate surface area is 186 Å². The molecule has 6 nitrogen and oxygen atoms in total. The normalized spacial score (nSPS) is 15.0. The Balaban J connectivity index is 0.00000392. The van der Waals surface area contributed by atoms with Crippen LogP contribution < -0.4 is 20.7 Å². The molecule has 3 N–H and O–H groups in total. The average molecular weight is 502 g/mol.